The maximum Gasteiger partial charge on any atom is 0.416 e. The quantitative estimate of drug-likeness (QED) is 0.773. The lowest BCUT2D eigenvalue weighted by atomic mass is 10.0. The second-order valence-corrected chi connectivity index (χ2v) is 4.85. The van der Waals surface area contributed by atoms with Gasteiger partial charge in [-0.05, 0) is 17.7 Å². The average molecular weight is 385 g/mol. The Morgan fingerprint density at radius 1 is 0.957 bits per heavy atom. The lowest BCUT2D eigenvalue weighted by Crippen LogP contribution is -2.49. The van der Waals surface area contributed by atoms with Crippen LogP contribution in [0.4, 0.5) is 26.3 Å². The third-order valence-electron chi connectivity index (χ3n) is 3.36. The van der Waals surface area contributed by atoms with E-state index in [1.165, 1.54) is 0 Å². The van der Waals surface area contributed by atoms with Gasteiger partial charge in [0.1, 0.15) is 6.04 Å². The highest BCUT2D eigenvalue weighted by molar-refractivity contribution is 5.85. The summed E-state index contributed by atoms with van der Waals surface area (Å²) in [6.07, 6.45) is -9.28. The van der Waals surface area contributed by atoms with Gasteiger partial charge in [0.2, 0.25) is 0 Å². The fourth-order valence-corrected chi connectivity index (χ4v) is 2.43. The van der Waals surface area contributed by atoms with Crippen molar-refractivity contribution in [1.29, 1.82) is 0 Å². The number of nitrogens with one attached hydrogen (secondary N) is 1. The highest BCUT2D eigenvalue weighted by atomic mass is 35.5. The fourth-order valence-electron chi connectivity index (χ4n) is 2.43. The Morgan fingerprint density at radius 2 is 1.52 bits per heavy atom. The molecule has 1 heterocycles. The van der Waals surface area contributed by atoms with Crippen molar-refractivity contribution in [3.8, 4) is 0 Å². The largest absolute Gasteiger partial charge is 0.416 e. The van der Waals surface area contributed by atoms with Crippen LogP contribution in [0.25, 0.3) is 0 Å². The summed E-state index contributed by atoms with van der Waals surface area (Å²) in [4.78, 5) is 1.16. The molecule has 2 rings (SSSR count). The van der Waals surface area contributed by atoms with Gasteiger partial charge in [0, 0.05) is 26.2 Å². The summed E-state index contributed by atoms with van der Waals surface area (Å²) >= 11 is 0. The van der Waals surface area contributed by atoms with E-state index in [1.807, 2.05) is 0 Å². The van der Waals surface area contributed by atoms with Crippen molar-refractivity contribution in [2.24, 2.45) is 0 Å². The molecule has 1 aliphatic heterocycles. The summed E-state index contributed by atoms with van der Waals surface area (Å²) in [7, 11) is 0. The highest BCUT2D eigenvalue weighted by Gasteiger charge is 2.45. The van der Waals surface area contributed by atoms with Crippen LogP contribution >= 0.6 is 24.8 Å². The number of halogens is 8. The zero-order valence-corrected chi connectivity index (χ0v) is 13.4. The molecule has 0 radical (unpaired) electrons. The van der Waals surface area contributed by atoms with E-state index in [0.29, 0.717) is 19.2 Å². The third-order valence-corrected chi connectivity index (χ3v) is 3.36. The molecule has 0 unspecified atom stereocenters. The van der Waals surface area contributed by atoms with Crippen LogP contribution in [0.5, 0.6) is 0 Å². The molecule has 0 aliphatic carbocycles. The summed E-state index contributed by atoms with van der Waals surface area (Å²) in [5, 5.41) is 2.92. The molecule has 23 heavy (non-hydrogen) atoms. The first-order chi connectivity index (χ1) is 9.69. The molecule has 10 heteroatoms. The van der Waals surface area contributed by atoms with Crippen molar-refractivity contribution >= 4 is 24.8 Å². The lowest BCUT2D eigenvalue weighted by Gasteiger charge is -2.36. The Bertz CT molecular complexity index is 486. The molecule has 0 amide bonds. The normalized spacial score (nSPS) is 17.8. The first kappa shape index (κ1) is 22.3. The first-order valence-corrected chi connectivity index (χ1v) is 6.38. The van der Waals surface area contributed by atoms with Crippen LogP contribution in [0.3, 0.4) is 0 Å². The van der Waals surface area contributed by atoms with Crippen LogP contribution in [0.2, 0.25) is 0 Å². The Morgan fingerprint density at radius 3 is 2.00 bits per heavy atom. The third kappa shape index (κ3) is 5.70. The molecule has 1 aromatic carbocycles. The molecule has 134 valence electrons. The molecular formula is C13H16Cl2F6N2. The molecule has 1 atom stereocenters. The van der Waals surface area contributed by atoms with E-state index in [-0.39, 0.29) is 43.5 Å². The van der Waals surface area contributed by atoms with Gasteiger partial charge in [-0.1, -0.05) is 12.1 Å². The van der Waals surface area contributed by atoms with E-state index >= 15 is 0 Å². The topological polar surface area (TPSA) is 15.3 Å². The minimum atomic E-state index is -4.66. The second-order valence-electron chi connectivity index (χ2n) is 4.85. The Labute approximate surface area is 142 Å². The van der Waals surface area contributed by atoms with Gasteiger partial charge in [-0.15, -0.1) is 24.8 Å². The van der Waals surface area contributed by atoms with Crippen LogP contribution in [0, 0.1) is 0 Å². The van der Waals surface area contributed by atoms with Gasteiger partial charge in [-0.25, -0.2) is 0 Å². The van der Waals surface area contributed by atoms with Crippen molar-refractivity contribution < 1.29 is 26.3 Å². The summed E-state index contributed by atoms with van der Waals surface area (Å²) < 4.78 is 77.8. The number of benzene rings is 1. The molecule has 1 saturated heterocycles. The monoisotopic (exact) mass is 384 g/mol. The predicted molar refractivity (Wildman–Crippen MR) is 79.2 cm³/mol. The van der Waals surface area contributed by atoms with E-state index in [4.69, 9.17) is 0 Å². The number of rotatable bonds is 2. The van der Waals surface area contributed by atoms with Crippen molar-refractivity contribution in [3.05, 3.63) is 35.4 Å². The Kier molecular flexibility index (Phi) is 8.16. The van der Waals surface area contributed by atoms with Gasteiger partial charge >= 0.3 is 12.4 Å². The molecule has 1 aromatic rings. The lowest BCUT2D eigenvalue weighted by molar-refractivity contribution is -0.188. The summed E-state index contributed by atoms with van der Waals surface area (Å²) in [6, 6.07) is 1.45. The Hall–Kier alpha value is -0.700. The SMILES string of the molecule is Cl.Cl.FC(F)(F)c1cccc([C@@H](N2CCNCC2)C(F)(F)F)c1. The number of nitrogens with zero attached hydrogens (tertiary/aromatic N) is 1. The first-order valence-electron chi connectivity index (χ1n) is 6.38. The zero-order valence-electron chi connectivity index (χ0n) is 11.7. The van der Waals surface area contributed by atoms with Crippen LogP contribution < -0.4 is 5.32 Å². The van der Waals surface area contributed by atoms with Crippen LogP contribution in [-0.4, -0.2) is 37.3 Å². The average Bonchev–Trinajstić information content (AvgIpc) is 2.38. The number of hydrogen-bond donors (Lipinski definition) is 1. The van der Waals surface area contributed by atoms with Crippen molar-refractivity contribution in [2.45, 2.75) is 18.4 Å². The number of hydrogen-bond acceptors (Lipinski definition) is 2. The molecule has 1 aliphatic rings. The van der Waals surface area contributed by atoms with Gasteiger partial charge in [0.15, 0.2) is 0 Å². The Balaban J connectivity index is 0.00000242. The van der Waals surface area contributed by atoms with E-state index in [0.717, 1.165) is 23.1 Å². The van der Waals surface area contributed by atoms with Crippen LogP contribution in [-0.2, 0) is 6.18 Å². The maximum atomic E-state index is 13.3. The zero-order chi connectivity index (χ0) is 15.7. The predicted octanol–water partition coefficient (Wildman–Crippen LogP) is 4.06. The van der Waals surface area contributed by atoms with E-state index < -0.39 is 24.0 Å². The van der Waals surface area contributed by atoms with Gasteiger partial charge in [-0.2, -0.15) is 26.3 Å². The van der Waals surface area contributed by atoms with Crippen LogP contribution in [0.1, 0.15) is 17.2 Å². The van der Waals surface area contributed by atoms with Crippen molar-refractivity contribution in [2.75, 3.05) is 26.2 Å². The maximum absolute atomic E-state index is 13.3. The van der Waals surface area contributed by atoms with Gasteiger partial charge in [-0.3, -0.25) is 4.90 Å². The number of alkyl halides is 6. The summed E-state index contributed by atoms with van der Waals surface area (Å²) in [5.74, 6) is 0. The molecular weight excluding hydrogens is 369 g/mol. The molecule has 1 fully saturated rings. The van der Waals surface area contributed by atoms with Gasteiger partial charge in [0.05, 0.1) is 5.56 Å². The molecule has 0 bridgehead atoms. The second kappa shape index (κ2) is 8.41. The number of piperazine rings is 1. The van der Waals surface area contributed by atoms with Crippen molar-refractivity contribution in [1.82, 2.24) is 10.2 Å². The standard InChI is InChI=1S/C13H14F6N2.2ClH/c14-12(15,16)10-3-1-2-9(8-10)11(13(17,18)19)21-6-4-20-5-7-21;;/h1-3,8,11,20H,4-7H2;2*1H/t11-;;/m1../s1. The molecule has 0 aromatic heterocycles. The van der Waals surface area contributed by atoms with E-state index in [1.54, 1.807) is 0 Å². The molecule has 0 spiro atoms. The van der Waals surface area contributed by atoms with E-state index in [9.17, 15) is 26.3 Å². The minimum Gasteiger partial charge on any atom is -0.314 e. The smallest absolute Gasteiger partial charge is 0.314 e. The van der Waals surface area contributed by atoms with Gasteiger partial charge in [0.25, 0.3) is 0 Å². The van der Waals surface area contributed by atoms with Crippen LogP contribution in [0.15, 0.2) is 24.3 Å². The van der Waals surface area contributed by atoms with Gasteiger partial charge < -0.3 is 5.32 Å². The van der Waals surface area contributed by atoms with E-state index in [2.05, 4.69) is 5.32 Å². The molecule has 0 saturated carbocycles. The minimum absolute atomic E-state index is 0. The summed E-state index contributed by atoms with van der Waals surface area (Å²) in [5.41, 5.74) is -1.44. The molecule has 2 nitrogen and oxygen atoms in total. The highest BCUT2D eigenvalue weighted by Crippen LogP contribution is 2.39. The van der Waals surface area contributed by atoms with Crippen molar-refractivity contribution in [3.63, 3.8) is 0 Å². The molecule has 1 N–H and O–H groups in total. The summed E-state index contributed by atoms with van der Waals surface area (Å²) in [6.45, 7) is 1.04. The fraction of sp³-hybridized carbons (Fsp3) is 0.538.